The fourth-order valence-electron chi connectivity index (χ4n) is 2.16. The van der Waals surface area contributed by atoms with Gasteiger partial charge < -0.3 is 25.6 Å². The molecular weight excluding hydrogens is 270 g/mol. The summed E-state index contributed by atoms with van der Waals surface area (Å²) in [6, 6.07) is 3.53. The lowest BCUT2D eigenvalue weighted by molar-refractivity contribution is -0.0176. The quantitative estimate of drug-likeness (QED) is 0.739. The van der Waals surface area contributed by atoms with Crippen LogP contribution in [0.3, 0.4) is 0 Å². The van der Waals surface area contributed by atoms with E-state index in [1.807, 2.05) is 6.92 Å². The first kappa shape index (κ1) is 15.9. The fraction of sp³-hybridized carbons (Fsp3) is 0.667. The fourth-order valence-corrected chi connectivity index (χ4v) is 2.16. The Morgan fingerprint density at radius 2 is 2.33 bits per heavy atom. The summed E-state index contributed by atoms with van der Waals surface area (Å²) in [7, 11) is 0. The lowest BCUT2D eigenvalue weighted by Gasteiger charge is -2.26. The first-order chi connectivity index (χ1) is 9.90. The normalized spacial score (nSPS) is 25.3. The molecule has 6 nitrogen and oxygen atoms in total. The summed E-state index contributed by atoms with van der Waals surface area (Å²) in [5, 5.41) is 13.6. The molecule has 118 valence electrons. The Kier molecular flexibility index (Phi) is 4.90. The molecule has 0 aromatic carbocycles. The van der Waals surface area contributed by atoms with Crippen molar-refractivity contribution in [2.75, 3.05) is 30.8 Å². The van der Waals surface area contributed by atoms with Gasteiger partial charge in [0.25, 0.3) is 0 Å². The highest BCUT2D eigenvalue weighted by atomic mass is 16.5. The molecular formula is C15H25N3O3. The molecule has 2 atom stereocenters. The topological polar surface area (TPSA) is 89.6 Å². The van der Waals surface area contributed by atoms with Crippen molar-refractivity contribution in [3.8, 4) is 5.88 Å². The number of aromatic nitrogens is 1. The molecule has 2 unspecified atom stereocenters. The van der Waals surface area contributed by atoms with E-state index in [1.54, 1.807) is 12.1 Å². The number of anilines is 2. The molecule has 0 bridgehead atoms. The molecule has 1 aromatic rings. The van der Waals surface area contributed by atoms with Gasteiger partial charge in [-0.15, -0.1) is 0 Å². The number of nitrogen functional groups attached to an aromatic ring is 1. The third kappa shape index (κ3) is 3.98. The maximum Gasteiger partial charge on any atom is 0.239 e. The number of pyridine rings is 1. The lowest BCUT2D eigenvalue weighted by atomic mass is 9.97. The maximum atomic E-state index is 10.4. The summed E-state index contributed by atoms with van der Waals surface area (Å²) < 4.78 is 11.0. The van der Waals surface area contributed by atoms with Crippen LogP contribution in [-0.4, -0.2) is 41.6 Å². The highest BCUT2D eigenvalue weighted by Gasteiger charge is 2.39. The van der Waals surface area contributed by atoms with Gasteiger partial charge in [0.2, 0.25) is 5.88 Å². The van der Waals surface area contributed by atoms with Gasteiger partial charge in [0, 0.05) is 19.6 Å². The van der Waals surface area contributed by atoms with Crippen LogP contribution in [0.2, 0.25) is 0 Å². The van der Waals surface area contributed by atoms with Crippen molar-refractivity contribution in [3.63, 3.8) is 0 Å². The summed E-state index contributed by atoms with van der Waals surface area (Å²) in [6.07, 6.45) is 0.433. The van der Waals surface area contributed by atoms with Crippen molar-refractivity contribution in [1.82, 2.24) is 4.98 Å². The van der Waals surface area contributed by atoms with E-state index in [0.717, 1.165) is 0 Å². The van der Waals surface area contributed by atoms with Crippen molar-refractivity contribution in [3.05, 3.63) is 12.1 Å². The van der Waals surface area contributed by atoms with Crippen LogP contribution in [0.15, 0.2) is 12.1 Å². The van der Waals surface area contributed by atoms with Gasteiger partial charge in [-0.1, -0.05) is 13.8 Å². The molecule has 0 amide bonds. The summed E-state index contributed by atoms with van der Waals surface area (Å²) in [6.45, 7) is 7.54. The number of hydrogen-bond acceptors (Lipinski definition) is 6. The Hall–Kier alpha value is -1.53. The Morgan fingerprint density at radius 3 is 2.95 bits per heavy atom. The Morgan fingerprint density at radius 1 is 1.57 bits per heavy atom. The SMILES string of the molecule is CC(C)COc1nc(NCC2(O)CCOC2C)ccc1N. The minimum absolute atomic E-state index is 0.185. The van der Waals surface area contributed by atoms with Crippen LogP contribution >= 0.6 is 0 Å². The summed E-state index contributed by atoms with van der Waals surface area (Å²) in [5.41, 5.74) is 5.51. The molecule has 0 spiro atoms. The largest absolute Gasteiger partial charge is 0.476 e. The van der Waals surface area contributed by atoms with Crippen LogP contribution in [-0.2, 0) is 4.74 Å². The molecule has 0 radical (unpaired) electrons. The van der Waals surface area contributed by atoms with E-state index in [0.29, 0.717) is 49.5 Å². The van der Waals surface area contributed by atoms with E-state index in [4.69, 9.17) is 15.2 Å². The van der Waals surface area contributed by atoms with Crippen LogP contribution < -0.4 is 15.8 Å². The zero-order valence-corrected chi connectivity index (χ0v) is 12.9. The predicted octanol–water partition coefficient (Wildman–Crippen LogP) is 1.65. The average molecular weight is 295 g/mol. The third-order valence-electron chi connectivity index (χ3n) is 3.68. The number of rotatable bonds is 6. The van der Waals surface area contributed by atoms with Gasteiger partial charge in [0.05, 0.1) is 18.4 Å². The number of ether oxygens (including phenoxy) is 2. The smallest absolute Gasteiger partial charge is 0.239 e. The standard InChI is InChI=1S/C15H25N3O3/c1-10(2)8-21-14-12(16)4-5-13(18-14)17-9-15(19)6-7-20-11(15)3/h4-5,10-11,19H,6-9,16H2,1-3H3,(H,17,18). The number of hydrogen-bond donors (Lipinski definition) is 3. The molecule has 21 heavy (non-hydrogen) atoms. The van der Waals surface area contributed by atoms with Crippen LogP contribution in [0.5, 0.6) is 5.88 Å². The van der Waals surface area contributed by atoms with Gasteiger partial charge in [0.15, 0.2) is 0 Å². The van der Waals surface area contributed by atoms with E-state index in [1.165, 1.54) is 0 Å². The van der Waals surface area contributed by atoms with Gasteiger partial charge in [-0.25, -0.2) is 0 Å². The van der Waals surface area contributed by atoms with Crippen LogP contribution in [0, 0.1) is 5.92 Å². The summed E-state index contributed by atoms with van der Waals surface area (Å²) >= 11 is 0. The van der Waals surface area contributed by atoms with Crippen molar-refractivity contribution >= 4 is 11.5 Å². The molecule has 1 fully saturated rings. The van der Waals surface area contributed by atoms with Crippen molar-refractivity contribution in [1.29, 1.82) is 0 Å². The Bertz CT molecular complexity index is 481. The van der Waals surface area contributed by atoms with Crippen molar-refractivity contribution in [2.45, 2.75) is 38.9 Å². The molecule has 6 heteroatoms. The second kappa shape index (κ2) is 6.49. The Labute approximate surface area is 125 Å². The monoisotopic (exact) mass is 295 g/mol. The zero-order chi connectivity index (χ0) is 15.5. The van der Waals surface area contributed by atoms with E-state index in [2.05, 4.69) is 24.1 Å². The highest BCUT2D eigenvalue weighted by Crippen LogP contribution is 2.27. The molecule has 0 aliphatic carbocycles. The third-order valence-corrected chi connectivity index (χ3v) is 3.68. The second-order valence-corrected chi connectivity index (χ2v) is 6.02. The molecule has 2 rings (SSSR count). The zero-order valence-electron chi connectivity index (χ0n) is 12.9. The van der Waals surface area contributed by atoms with E-state index in [9.17, 15) is 5.11 Å². The lowest BCUT2D eigenvalue weighted by Crippen LogP contribution is -2.43. The molecule has 1 aliphatic heterocycles. The molecule has 0 saturated carbocycles. The molecule has 1 aromatic heterocycles. The second-order valence-electron chi connectivity index (χ2n) is 6.02. The molecule has 2 heterocycles. The summed E-state index contributed by atoms with van der Waals surface area (Å²) in [4.78, 5) is 4.35. The van der Waals surface area contributed by atoms with Crippen LogP contribution in [0.1, 0.15) is 27.2 Å². The number of nitrogens with zero attached hydrogens (tertiary/aromatic N) is 1. The summed E-state index contributed by atoms with van der Waals surface area (Å²) in [5.74, 6) is 1.46. The minimum Gasteiger partial charge on any atom is -0.476 e. The molecule has 1 saturated heterocycles. The van der Waals surface area contributed by atoms with Crippen LogP contribution in [0.4, 0.5) is 11.5 Å². The number of aliphatic hydroxyl groups is 1. The van der Waals surface area contributed by atoms with E-state index < -0.39 is 5.60 Å². The van der Waals surface area contributed by atoms with Gasteiger partial charge in [-0.05, 0) is 25.0 Å². The van der Waals surface area contributed by atoms with Gasteiger partial charge >= 0.3 is 0 Å². The Balaban J connectivity index is 1.98. The highest BCUT2D eigenvalue weighted by molar-refractivity contribution is 5.53. The predicted molar refractivity (Wildman–Crippen MR) is 82.5 cm³/mol. The minimum atomic E-state index is -0.859. The first-order valence-corrected chi connectivity index (χ1v) is 7.38. The van der Waals surface area contributed by atoms with Gasteiger partial charge in [0.1, 0.15) is 11.4 Å². The van der Waals surface area contributed by atoms with E-state index >= 15 is 0 Å². The van der Waals surface area contributed by atoms with Gasteiger partial charge in [-0.3, -0.25) is 0 Å². The van der Waals surface area contributed by atoms with Gasteiger partial charge in [-0.2, -0.15) is 4.98 Å². The van der Waals surface area contributed by atoms with E-state index in [-0.39, 0.29) is 6.10 Å². The molecule has 4 N–H and O–H groups in total. The average Bonchev–Trinajstić information content (AvgIpc) is 2.76. The van der Waals surface area contributed by atoms with Crippen molar-refractivity contribution in [2.24, 2.45) is 5.92 Å². The maximum absolute atomic E-state index is 10.4. The first-order valence-electron chi connectivity index (χ1n) is 7.38. The number of nitrogens with one attached hydrogen (secondary N) is 1. The number of nitrogens with two attached hydrogens (primary N) is 1. The van der Waals surface area contributed by atoms with Crippen LogP contribution in [0.25, 0.3) is 0 Å². The van der Waals surface area contributed by atoms with Crippen molar-refractivity contribution < 1.29 is 14.6 Å². The molecule has 1 aliphatic rings.